The molecule has 0 bridgehead atoms. The molecule has 2 N–H and O–H groups in total. The predicted octanol–water partition coefficient (Wildman–Crippen LogP) is 3.32. The summed E-state index contributed by atoms with van der Waals surface area (Å²) in [6.07, 6.45) is 3.30. The van der Waals surface area contributed by atoms with Crippen LogP contribution in [0.15, 0.2) is 41.5 Å². The SMILES string of the molecule is COc1ccc(-c2cc(C(=O)NCc3c(C)cc(C)[nH]c3=O)c3cnn(C(C)C)c3n2)cn1. The van der Waals surface area contributed by atoms with Crippen LogP contribution in [0.1, 0.15) is 47.1 Å². The monoisotopic (exact) mass is 446 g/mol. The van der Waals surface area contributed by atoms with E-state index in [1.54, 1.807) is 36.3 Å². The summed E-state index contributed by atoms with van der Waals surface area (Å²) < 4.78 is 6.92. The molecule has 0 aliphatic rings. The van der Waals surface area contributed by atoms with Gasteiger partial charge in [0, 0.05) is 41.7 Å². The van der Waals surface area contributed by atoms with Crippen molar-refractivity contribution in [1.82, 2.24) is 30.0 Å². The van der Waals surface area contributed by atoms with E-state index in [1.807, 2.05) is 39.8 Å². The molecule has 0 saturated heterocycles. The molecule has 9 nitrogen and oxygen atoms in total. The van der Waals surface area contributed by atoms with Crippen molar-refractivity contribution in [3.8, 4) is 17.1 Å². The average molecular weight is 447 g/mol. The van der Waals surface area contributed by atoms with E-state index in [1.165, 1.54) is 0 Å². The molecular formula is C24H26N6O3. The number of aryl methyl sites for hydroxylation is 2. The fourth-order valence-electron chi connectivity index (χ4n) is 3.75. The number of carbonyl (C=O) groups is 1. The number of rotatable bonds is 6. The lowest BCUT2D eigenvalue weighted by atomic mass is 10.1. The van der Waals surface area contributed by atoms with Crippen LogP contribution in [-0.2, 0) is 6.54 Å². The lowest BCUT2D eigenvalue weighted by Gasteiger charge is -2.12. The van der Waals surface area contributed by atoms with Crippen molar-refractivity contribution < 1.29 is 9.53 Å². The highest BCUT2D eigenvalue weighted by Gasteiger charge is 2.19. The van der Waals surface area contributed by atoms with Crippen LogP contribution in [0, 0.1) is 13.8 Å². The maximum Gasteiger partial charge on any atom is 0.253 e. The van der Waals surface area contributed by atoms with Gasteiger partial charge < -0.3 is 15.0 Å². The summed E-state index contributed by atoms with van der Waals surface area (Å²) in [7, 11) is 1.55. The maximum atomic E-state index is 13.3. The van der Waals surface area contributed by atoms with Gasteiger partial charge >= 0.3 is 0 Å². The van der Waals surface area contributed by atoms with Crippen molar-refractivity contribution in [3.05, 3.63) is 69.4 Å². The summed E-state index contributed by atoms with van der Waals surface area (Å²) >= 11 is 0. The first kappa shape index (κ1) is 22.2. The highest BCUT2D eigenvalue weighted by molar-refractivity contribution is 6.06. The van der Waals surface area contributed by atoms with Gasteiger partial charge in [0.2, 0.25) is 5.88 Å². The van der Waals surface area contributed by atoms with Crippen molar-refractivity contribution in [3.63, 3.8) is 0 Å². The van der Waals surface area contributed by atoms with Crippen LogP contribution in [0.2, 0.25) is 0 Å². The van der Waals surface area contributed by atoms with Gasteiger partial charge in [0.25, 0.3) is 11.5 Å². The molecule has 0 saturated carbocycles. The number of fused-ring (bicyclic) bond motifs is 1. The fraction of sp³-hybridized carbons (Fsp3) is 0.292. The Bertz CT molecular complexity index is 1390. The lowest BCUT2D eigenvalue weighted by Crippen LogP contribution is -2.28. The molecule has 4 rings (SSSR count). The second-order valence-corrected chi connectivity index (χ2v) is 8.19. The largest absolute Gasteiger partial charge is 0.481 e. The zero-order valence-corrected chi connectivity index (χ0v) is 19.3. The first-order valence-corrected chi connectivity index (χ1v) is 10.6. The summed E-state index contributed by atoms with van der Waals surface area (Å²) in [5, 5.41) is 7.96. The second-order valence-electron chi connectivity index (χ2n) is 8.19. The van der Waals surface area contributed by atoms with Crippen LogP contribution in [0.4, 0.5) is 0 Å². The average Bonchev–Trinajstić information content (AvgIpc) is 3.22. The molecule has 0 aliphatic heterocycles. The Labute approximate surface area is 190 Å². The molecule has 1 amide bonds. The van der Waals surface area contributed by atoms with Gasteiger partial charge in [0.15, 0.2) is 5.65 Å². The van der Waals surface area contributed by atoms with E-state index >= 15 is 0 Å². The number of hydrogen-bond acceptors (Lipinski definition) is 6. The Kier molecular flexibility index (Phi) is 5.95. The fourth-order valence-corrected chi connectivity index (χ4v) is 3.75. The van der Waals surface area contributed by atoms with Gasteiger partial charge in [-0.15, -0.1) is 0 Å². The lowest BCUT2D eigenvalue weighted by molar-refractivity contribution is 0.0952. The minimum atomic E-state index is -0.312. The Morgan fingerprint density at radius 3 is 2.64 bits per heavy atom. The number of amides is 1. The minimum Gasteiger partial charge on any atom is -0.481 e. The zero-order valence-electron chi connectivity index (χ0n) is 19.3. The topological polar surface area (TPSA) is 115 Å². The number of nitrogens with zero attached hydrogens (tertiary/aromatic N) is 4. The maximum absolute atomic E-state index is 13.3. The summed E-state index contributed by atoms with van der Waals surface area (Å²) in [6, 6.07) is 7.25. The van der Waals surface area contributed by atoms with Gasteiger partial charge in [0.1, 0.15) is 0 Å². The van der Waals surface area contributed by atoms with Crippen LogP contribution in [0.3, 0.4) is 0 Å². The molecule has 33 heavy (non-hydrogen) atoms. The van der Waals surface area contributed by atoms with Gasteiger partial charge in [0.05, 0.1) is 30.0 Å². The predicted molar refractivity (Wildman–Crippen MR) is 125 cm³/mol. The van der Waals surface area contributed by atoms with Crippen molar-refractivity contribution in [1.29, 1.82) is 0 Å². The molecule has 0 spiro atoms. The van der Waals surface area contributed by atoms with Crippen LogP contribution < -0.4 is 15.6 Å². The van der Waals surface area contributed by atoms with Crippen LogP contribution in [0.25, 0.3) is 22.3 Å². The number of nitrogens with one attached hydrogen (secondary N) is 2. The highest BCUT2D eigenvalue weighted by atomic mass is 16.5. The van der Waals surface area contributed by atoms with E-state index in [4.69, 9.17) is 9.72 Å². The number of ether oxygens (including phenoxy) is 1. The quantitative estimate of drug-likeness (QED) is 0.470. The first-order valence-electron chi connectivity index (χ1n) is 10.6. The molecule has 4 aromatic rings. The zero-order chi connectivity index (χ0) is 23.7. The summed E-state index contributed by atoms with van der Waals surface area (Å²) in [5.74, 6) is 0.177. The van der Waals surface area contributed by atoms with Gasteiger partial charge in [-0.1, -0.05) is 0 Å². The summed E-state index contributed by atoms with van der Waals surface area (Å²) in [5.41, 5.74) is 4.30. The molecule has 4 heterocycles. The molecule has 9 heteroatoms. The molecule has 0 fully saturated rings. The van der Waals surface area contributed by atoms with E-state index in [0.717, 1.165) is 16.8 Å². The Balaban J connectivity index is 1.75. The number of carbonyl (C=O) groups excluding carboxylic acids is 1. The van der Waals surface area contributed by atoms with Gasteiger partial charge in [-0.05, 0) is 51.5 Å². The van der Waals surface area contributed by atoms with Crippen molar-refractivity contribution in [2.75, 3.05) is 7.11 Å². The van der Waals surface area contributed by atoms with Gasteiger partial charge in [-0.25, -0.2) is 14.6 Å². The Morgan fingerprint density at radius 1 is 1.21 bits per heavy atom. The summed E-state index contributed by atoms with van der Waals surface area (Å²) in [6.45, 7) is 7.80. The number of aromatic amines is 1. The van der Waals surface area contributed by atoms with Crippen LogP contribution in [0.5, 0.6) is 5.88 Å². The first-order chi connectivity index (χ1) is 15.8. The molecule has 0 atom stereocenters. The standard InChI is InChI=1S/C24H26N6O3/c1-13(2)30-22-19(12-27-30)17(9-20(29-22)16-6-7-21(33-5)25-10-16)23(31)26-11-18-14(3)8-15(4)28-24(18)32/h6-10,12-13H,11H2,1-5H3,(H,26,31)(H,28,32). The smallest absolute Gasteiger partial charge is 0.253 e. The van der Waals surface area contributed by atoms with Crippen molar-refractivity contribution in [2.45, 2.75) is 40.3 Å². The molecule has 170 valence electrons. The molecule has 0 aromatic carbocycles. The van der Waals surface area contributed by atoms with Crippen molar-refractivity contribution >= 4 is 16.9 Å². The van der Waals surface area contributed by atoms with E-state index in [2.05, 4.69) is 20.4 Å². The molecule has 4 aromatic heterocycles. The van der Waals surface area contributed by atoms with E-state index in [-0.39, 0.29) is 24.1 Å². The number of aromatic nitrogens is 5. The van der Waals surface area contributed by atoms with E-state index < -0.39 is 0 Å². The third-order valence-electron chi connectivity index (χ3n) is 5.46. The highest BCUT2D eigenvalue weighted by Crippen LogP contribution is 2.27. The van der Waals surface area contributed by atoms with Gasteiger partial charge in [-0.2, -0.15) is 5.10 Å². The van der Waals surface area contributed by atoms with Crippen LogP contribution in [-0.4, -0.2) is 37.7 Å². The Hall–Kier alpha value is -4.01. The molecule has 0 unspecified atom stereocenters. The number of methoxy groups -OCH3 is 1. The van der Waals surface area contributed by atoms with E-state index in [9.17, 15) is 9.59 Å². The molecule has 0 aliphatic carbocycles. The van der Waals surface area contributed by atoms with Gasteiger partial charge in [-0.3, -0.25) is 9.59 Å². The summed E-state index contributed by atoms with van der Waals surface area (Å²) in [4.78, 5) is 37.4. The number of H-pyrrole nitrogens is 1. The third kappa shape index (κ3) is 4.34. The second kappa shape index (κ2) is 8.85. The molecular weight excluding hydrogens is 420 g/mol. The number of hydrogen-bond donors (Lipinski definition) is 2. The van der Waals surface area contributed by atoms with E-state index in [0.29, 0.717) is 33.7 Å². The Morgan fingerprint density at radius 2 is 2.00 bits per heavy atom. The minimum absolute atomic E-state index is 0.0592. The number of pyridine rings is 3. The molecule has 0 radical (unpaired) electrons. The van der Waals surface area contributed by atoms with Crippen molar-refractivity contribution in [2.24, 2.45) is 0 Å². The van der Waals surface area contributed by atoms with Crippen LogP contribution >= 0.6 is 0 Å². The third-order valence-corrected chi connectivity index (χ3v) is 5.46. The normalized spacial score (nSPS) is 11.2.